The van der Waals surface area contributed by atoms with E-state index in [0.29, 0.717) is 71.2 Å². The molecule has 0 radical (unpaired) electrons. The van der Waals surface area contributed by atoms with Crippen molar-refractivity contribution in [2.24, 2.45) is 0 Å². The van der Waals surface area contributed by atoms with Crippen LogP contribution in [0.25, 0.3) is 0 Å². The molecule has 2 aliphatic heterocycles. The predicted molar refractivity (Wildman–Crippen MR) is 191 cm³/mol. The van der Waals surface area contributed by atoms with Crippen LogP contribution in [0.2, 0.25) is 0 Å². The van der Waals surface area contributed by atoms with Gasteiger partial charge in [-0.3, -0.25) is 9.69 Å². The highest BCUT2D eigenvalue weighted by Gasteiger charge is 2.34. The van der Waals surface area contributed by atoms with Crippen LogP contribution in [0.15, 0.2) is 24.3 Å². The summed E-state index contributed by atoms with van der Waals surface area (Å²) in [5.41, 5.74) is 2.90. The number of nitrogens with one attached hydrogen (secondary N) is 1. The lowest BCUT2D eigenvalue weighted by atomic mass is 10.0. The maximum atomic E-state index is 14.3. The molecule has 1 saturated heterocycles. The molecule has 0 spiro atoms. The van der Waals surface area contributed by atoms with Crippen LogP contribution in [0.5, 0.6) is 0 Å². The Balaban J connectivity index is 1.25. The zero-order valence-electron chi connectivity index (χ0n) is 30.7. The van der Waals surface area contributed by atoms with Crippen LogP contribution in [-0.4, -0.2) is 116 Å². The topological polar surface area (TPSA) is 117 Å². The third-order valence-electron chi connectivity index (χ3n) is 9.71. The first kappa shape index (κ1) is 40.2. The first-order valence-corrected chi connectivity index (χ1v) is 18.2. The first-order valence-electron chi connectivity index (χ1n) is 18.2. The highest BCUT2D eigenvalue weighted by atomic mass is 19.1. The van der Waals surface area contributed by atoms with Crippen molar-refractivity contribution in [1.82, 2.24) is 24.7 Å². The van der Waals surface area contributed by atoms with E-state index in [0.717, 1.165) is 49.3 Å². The van der Waals surface area contributed by atoms with Crippen molar-refractivity contribution >= 4 is 12.0 Å². The summed E-state index contributed by atoms with van der Waals surface area (Å²) in [5.74, 6) is 2.90. The Bertz CT molecular complexity index is 1430. The van der Waals surface area contributed by atoms with E-state index in [2.05, 4.69) is 34.6 Å². The number of likely N-dealkylation sites (tertiary alicyclic amines) is 1. The molecule has 0 saturated carbocycles. The molecule has 0 bridgehead atoms. The molecule has 51 heavy (non-hydrogen) atoms. The second kappa shape index (κ2) is 21.1. The average Bonchev–Trinajstić information content (AvgIpc) is 3.64. The Hall–Kier alpha value is -3.54. The molecule has 1 N–H and O–H groups in total. The first-order chi connectivity index (χ1) is 24.7. The van der Waals surface area contributed by atoms with Crippen LogP contribution in [0, 0.1) is 25.1 Å². The number of aromatic nitrogens is 2. The van der Waals surface area contributed by atoms with Crippen molar-refractivity contribution in [1.29, 1.82) is 0 Å². The van der Waals surface area contributed by atoms with E-state index < -0.39 is 0 Å². The number of benzene rings is 1. The number of hydrogen-bond donors (Lipinski definition) is 1. The molecule has 1 aromatic heterocycles. The third kappa shape index (κ3) is 12.3. The highest BCUT2D eigenvalue weighted by molar-refractivity contribution is 5.76. The Morgan fingerprint density at radius 3 is 2.47 bits per heavy atom. The van der Waals surface area contributed by atoms with Crippen LogP contribution in [0.1, 0.15) is 80.8 Å². The van der Waals surface area contributed by atoms with Crippen LogP contribution in [-0.2, 0) is 41.4 Å². The van der Waals surface area contributed by atoms with Gasteiger partial charge < -0.3 is 38.5 Å². The van der Waals surface area contributed by atoms with E-state index >= 15 is 0 Å². The average molecular weight is 714 g/mol. The van der Waals surface area contributed by atoms with E-state index in [9.17, 15) is 14.0 Å². The summed E-state index contributed by atoms with van der Waals surface area (Å²) in [5, 5.41) is 3.15. The van der Waals surface area contributed by atoms with Crippen LogP contribution < -0.4 is 5.32 Å². The number of terminal acetylenes is 1. The summed E-state index contributed by atoms with van der Waals surface area (Å²) < 4.78 is 43.3. The molecular weight excluding hydrogens is 657 g/mol. The van der Waals surface area contributed by atoms with Crippen molar-refractivity contribution in [2.75, 3.05) is 73.1 Å². The number of nitrogens with zero attached hydrogens (tertiary/aromatic N) is 4. The second-order valence-corrected chi connectivity index (χ2v) is 13.3. The SMILES string of the molecule is C#CCOCCOCCOCCOCCC(=O)NC(CCN1C(C)CCC1CC(C)n1c(C)nc2c1CCN(C(=O)OC)C2)c1cccc(F)c1. The quantitative estimate of drug-likeness (QED) is 0.147. The van der Waals surface area contributed by atoms with Gasteiger partial charge in [-0.2, -0.15) is 0 Å². The molecule has 1 aromatic carbocycles. The number of halogens is 1. The molecule has 13 heteroatoms. The molecule has 4 atom stereocenters. The van der Waals surface area contributed by atoms with Crippen molar-refractivity contribution < 1.29 is 37.7 Å². The van der Waals surface area contributed by atoms with Gasteiger partial charge in [0.2, 0.25) is 5.91 Å². The number of carbonyl (C=O) groups is 2. The molecule has 2 aliphatic rings. The molecule has 4 unspecified atom stereocenters. The van der Waals surface area contributed by atoms with Gasteiger partial charge in [0.1, 0.15) is 18.2 Å². The summed E-state index contributed by atoms with van der Waals surface area (Å²) in [6, 6.07) is 7.14. The number of rotatable bonds is 21. The molecule has 12 nitrogen and oxygen atoms in total. The maximum absolute atomic E-state index is 14.3. The highest BCUT2D eigenvalue weighted by Crippen LogP contribution is 2.33. The Morgan fingerprint density at radius 2 is 1.78 bits per heavy atom. The summed E-state index contributed by atoms with van der Waals surface area (Å²) in [7, 11) is 1.41. The number of carbonyl (C=O) groups excluding carboxylic acids is 2. The number of amides is 2. The largest absolute Gasteiger partial charge is 0.453 e. The lowest BCUT2D eigenvalue weighted by Gasteiger charge is -2.33. The van der Waals surface area contributed by atoms with E-state index in [1.807, 2.05) is 13.0 Å². The van der Waals surface area contributed by atoms with Gasteiger partial charge in [0.15, 0.2) is 0 Å². The van der Waals surface area contributed by atoms with Gasteiger partial charge in [0.05, 0.1) is 71.6 Å². The Kier molecular flexibility index (Phi) is 16.6. The molecule has 2 aromatic rings. The van der Waals surface area contributed by atoms with Gasteiger partial charge in [-0.05, 0) is 64.2 Å². The van der Waals surface area contributed by atoms with Gasteiger partial charge in [-0.1, -0.05) is 18.1 Å². The van der Waals surface area contributed by atoms with Gasteiger partial charge in [-0.25, -0.2) is 14.2 Å². The van der Waals surface area contributed by atoms with Crippen molar-refractivity contribution in [3.05, 3.63) is 52.9 Å². The molecule has 1 fully saturated rings. The summed E-state index contributed by atoms with van der Waals surface area (Å²) >= 11 is 0. The minimum absolute atomic E-state index is 0.142. The fourth-order valence-electron chi connectivity index (χ4n) is 7.24. The molecule has 4 rings (SSSR count). The number of hydrogen-bond acceptors (Lipinski definition) is 9. The molecular formula is C38H56FN5O7. The number of aryl methyl sites for hydroxylation is 1. The van der Waals surface area contributed by atoms with Crippen LogP contribution in [0.3, 0.4) is 0 Å². The smallest absolute Gasteiger partial charge is 0.409 e. The van der Waals surface area contributed by atoms with Crippen LogP contribution in [0.4, 0.5) is 9.18 Å². The molecule has 2 amide bonds. The zero-order valence-corrected chi connectivity index (χ0v) is 30.7. The van der Waals surface area contributed by atoms with E-state index in [-0.39, 0.29) is 49.5 Å². The molecule has 3 heterocycles. The Morgan fingerprint density at radius 1 is 1.08 bits per heavy atom. The zero-order chi connectivity index (χ0) is 36.6. The number of ether oxygens (including phenoxy) is 5. The van der Waals surface area contributed by atoms with Crippen molar-refractivity contribution in [2.45, 2.75) is 90.0 Å². The molecule has 0 aliphatic carbocycles. The Labute approximate surface area is 302 Å². The minimum Gasteiger partial charge on any atom is -0.453 e. The predicted octanol–water partition coefficient (Wildman–Crippen LogP) is 4.60. The van der Waals surface area contributed by atoms with Crippen molar-refractivity contribution in [3.63, 3.8) is 0 Å². The van der Waals surface area contributed by atoms with E-state index in [1.165, 1.54) is 24.9 Å². The van der Waals surface area contributed by atoms with Crippen LogP contribution >= 0.6 is 0 Å². The lowest BCUT2D eigenvalue weighted by molar-refractivity contribution is -0.123. The second-order valence-electron chi connectivity index (χ2n) is 13.3. The number of imidazole rings is 1. The van der Waals surface area contributed by atoms with E-state index in [1.54, 1.807) is 11.0 Å². The van der Waals surface area contributed by atoms with E-state index in [4.69, 9.17) is 35.1 Å². The summed E-state index contributed by atoms with van der Waals surface area (Å²) in [4.78, 5) is 34.2. The third-order valence-corrected chi connectivity index (χ3v) is 9.71. The number of methoxy groups -OCH3 is 1. The monoisotopic (exact) mass is 713 g/mol. The molecule has 282 valence electrons. The number of fused-ring (bicyclic) bond motifs is 1. The fourth-order valence-corrected chi connectivity index (χ4v) is 7.24. The minimum atomic E-state index is -0.333. The maximum Gasteiger partial charge on any atom is 0.409 e. The van der Waals surface area contributed by atoms with Gasteiger partial charge >= 0.3 is 6.09 Å². The standard InChI is InChI=1S/C38H56FN5O7/c1-6-17-48-19-21-50-23-24-51-22-20-49-18-14-37(45)41-34(31-8-7-9-32(39)26-31)12-16-43-28(2)10-11-33(43)25-29(3)44-30(4)40-35-27-42(38(46)47-5)15-13-36(35)44/h1,7-9,26,28-29,33-34H,10-25,27H2,2-5H3,(H,41,45). The lowest BCUT2D eigenvalue weighted by Crippen LogP contribution is -2.39. The van der Waals surface area contributed by atoms with Gasteiger partial charge in [0, 0.05) is 49.8 Å². The van der Waals surface area contributed by atoms with Gasteiger partial charge in [-0.15, -0.1) is 6.42 Å². The van der Waals surface area contributed by atoms with Gasteiger partial charge in [0.25, 0.3) is 0 Å². The summed E-state index contributed by atoms with van der Waals surface area (Å²) in [6.07, 6.45) is 9.54. The fraction of sp³-hybridized carbons (Fsp3) is 0.658. The normalized spacial score (nSPS) is 18.6. The van der Waals surface area contributed by atoms with Crippen molar-refractivity contribution in [3.8, 4) is 12.3 Å². The summed E-state index contributed by atoms with van der Waals surface area (Å²) in [6.45, 7) is 11.5.